The van der Waals surface area contributed by atoms with E-state index < -0.39 is 0 Å². The van der Waals surface area contributed by atoms with Gasteiger partial charge in [0.05, 0.1) is 16.1 Å². The number of rotatable bonds is 5. The van der Waals surface area contributed by atoms with Crippen LogP contribution in [0.4, 0.5) is 0 Å². The first-order valence-corrected chi connectivity index (χ1v) is 6.95. The minimum Gasteiger partial charge on any atom is -0.370 e. The molecular weight excluding hydrogens is 285 g/mol. The van der Waals surface area contributed by atoms with Crippen LogP contribution < -0.4 is 5.73 Å². The SMILES string of the molecule is CC(CC(N)=O)n1c(CCCl)nc2cccc(Cl)c21. The molecule has 0 radical (unpaired) electrons. The lowest BCUT2D eigenvalue weighted by atomic mass is 10.2. The molecule has 2 N–H and O–H groups in total. The molecule has 0 saturated carbocycles. The lowest BCUT2D eigenvalue weighted by molar-refractivity contribution is -0.118. The third-order valence-electron chi connectivity index (χ3n) is 2.99. The van der Waals surface area contributed by atoms with Gasteiger partial charge in [-0.1, -0.05) is 17.7 Å². The van der Waals surface area contributed by atoms with Gasteiger partial charge in [0, 0.05) is 24.8 Å². The first-order chi connectivity index (χ1) is 9.04. The molecule has 0 spiro atoms. The Balaban J connectivity index is 2.59. The zero-order valence-corrected chi connectivity index (χ0v) is 12.1. The number of aromatic nitrogens is 2. The van der Waals surface area contributed by atoms with Gasteiger partial charge in [0.2, 0.25) is 5.91 Å². The van der Waals surface area contributed by atoms with E-state index in [1.54, 1.807) is 0 Å². The Morgan fingerprint density at radius 3 is 2.89 bits per heavy atom. The Kier molecular flexibility index (Phi) is 4.32. The van der Waals surface area contributed by atoms with Gasteiger partial charge in [-0.05, 0) is 19.1 Å². The van der Waals surface area contributed by atoms with Crippen molar-refractivity contribution in [3.63, 3.8) is 0 Å². The van der Waals surface area contributed by atoms with Gasteiger partial charge in [-0.3, -0.25) is 4.79 Å². The second-order valence-corrected chi connectivity index (χ2v) is 5.25. The Bertz CT molecular complexity index is 609. The number of nitrogens with zero attached hydrogens (tertiary/aromatic N) is 2. The molecule has 0 aliphatic rings. The average molecular weight is 300 g/mol. The van der Waals surface area contributed by atoms with Crippen molar-refractivity contribution in [2.75, 3.05) is 5.88 Å². The number of halogens is 2. The van der Waals surface area contributed by atoms with E-state index in [0.29, 0.717) is 17.3 Å². The highest BCUT2D eigenvalue weighted by Gasteiger charge is 2.18. The molecule has 0 saturated heterocycles. The zero-order chi connectivity index (χ0) is 14.0. The number of imidazole rings is 1. The number of fused-ring (bicyclic) bond motifs is 1. The molecule has 1 aromatic heterocycles. The summed E-state index contributed by atoms with van der Waals surface area (Å²) in [6.45, 7) is 1.92. The van der Waals surface area contributed by atoms with Gasteiger partial charge < -0.3 is 10.3 Å². The minimum absolute atomic E-state index is 0.0967. The van der Waals surface area contributed by atoms with E-state index in [0.717, 1.165) is 16.9 Å². The Labute approximate surface area is 121 Å². The number of hydrogen-bond acceptors (Lipinski definition) is 2. The van der Waals surface area contributed by atoms with Crippen LogP contribution in [0, 0.1) is 0 Å². The Morgan fingerprint density at radius 1 is 1.53 bits per heavy atom. The molecule has 102 valence electrons. The van der Waals surface area contributed by atoms with E-state index in [2.05, 4.69) is 4.98 Å². The number of nitrogens with two attached hydrogens (primary N) is 1. The fraction of sp³-hybridized carbons (Fsp3) is 0.385. The van der Waals surface area contributed by atoms with Crippen molar-refractivity contribution in [2.45, 2.75) is 25.8 Å². The quantitative estimate of drug-likeness (QED) is 0.863. The van der Waals surface area contributed by atoms with Crippen molar-refractivity contribution >= 4 is 40.1 Å². The largest absolute Gasteiger partial charge is 0.370 e. The number of benzene rings is 1. The van der Waals surface area contributed by atoms with Crippen molar-refractivity contribution in [2.24, 2.45) is 5.73 Å². The molecule has 19 heavy (non-hydrogen) atoms. The maximum atomic E-state index is 11.1. The van der Waals surface area contributed by atoms with Crippen LogP contribution in [-0.4, -0.2) is 21.3 Å². The van der Waals surface area contributed by atoms with Crippen molar-refractivity contribution in [1.82, 2.24) is 9.55 Å². The van der Waals surface area contributed by atoms with E-state index in [4.69, 9.17) is 28.9 Å². The third kappa shape index (κ3) is 2.85. The van der Waals surface area contributed by atoms with Gasteiger partial charge in [-0.15, -0.1) is 11.6 Å². The van der Waals surface area contributed by atoms with Crippen molar-refractivity contribution < 1.29 is 4.79 Å². The number of para-hydroxylation sites is 1. The summed E-state index contributed by atoms with van der Waals surface area (Å²) in [4.78, 5) is 15.7. The maximum absolute atomic E-state index is 11.1. The van der Waals surface area contributed by atoms with E-state index in [1.165, 1.54) is 0 Å². The summed E-state index contributed by atoms with van der Waals surface area (Å²) in [6, 6.07) is 5.46. The van der Waals surface area contributed by atoms with Crippen LogP contribution in [0.25, 0.3) is 11.0 Å². The van der Waals surface area contributed by atoms with Gasteiger partial charge in [0.1, 0.15) is 5.82 Å². The van der Waals surface area contributed by atoms with Gasteiger partial charge in [-0.25, -0.2) is 4.98 Å². The highest BCUT2D eigenvalue weighted by atomic mass is 35.5. The Hall–Kier alpha value is -1.26. The predicted molar refractivity (Wildman–Crippen MR) is 77.7 cm³/mol. The van der Waals surface area contributed by atoms with E-state index >= 15 is 0 Å². The molecular formula is C13H15Cl2N3O. The summed E-state index contributed by atoms with van der Waals surface area (Å²) < 4.78 is 1.96. The van der Waals surface area contributed by atoms with E-state index in [-0.39, 0.29) is 18.4 Å². The standard InChI is InChI=1S/C13H15Cl2N3O/c1-8(7-11(16)19)18-12(5-6-14)17-10-4-2-3-9(15)13(10)18/h2-4,8H,5-7H2,1H3,(H2,16,19). The second kappa shape index (κ2) is 5.80. The number of alkyl halides is 1. The van der Waals surface area contributed by atoms with Crippen LogP contribution in [0.15, 0.2) is 18.2 Å². The summed E-state index contributed by atoms with van der Waals surface area (Å²) >= 11 is 12.1. The normalized spacial score (nSPS) is 12.8. The molecule has 0 fully saturated rings. The Morgan fingerprint density at radius 2 is 2.26 bits per heavy atom. The van der Waals surface area contributed by atoms with Crippen molar-refractivity contribution in [1.29, 1.82) is 0 Å². The molecule has 1 aromatic carbocycles. The van der Waals surface area contributed by atoms with Gasteiger partial charge in [-0.2, -0.15) is 0 Å². The summed E-state index contributed by atoms with van der Waals surface area (Å²) in [5, 5.41) is 0.613. The smallest absolute Gasteiger partial charge is 0.219 e. The van der Waals surface area contributed by atoms with Crippen LogP contribution in [0.5, 0.6) is 0 Å². The topological polar surface area (TPSA) is 60.9 Å². The number of amides is 1. The third-order valence-corrected chi connectivity index (χ3v) is 3.48. The number of primary amides is 1. The summed E-state index contributed by atoms with van der Waals surface area (Å²) in [7, 11) is 0. The van der Waals surface area contributed by atoms with Crippen molar-refractivity contribution in [3.05, 3.63) is 29.0 Å². The number of carbonyl (C=O) groups excluding carboxylic acids is 1. The lowest BCUT2D eigenvalue weighted by Crippen LogP contribution is -2.19. The first kappa shape index (κ1) is 14.2. The number of aryl methyl sites for hydroxylation is 1. The second-order valence-electron chi connectivity index (χ2n) is 4.46. The highest BCUT2D eigenvalue weighted by Crippen LogP contribution is 2.29. The molecule has 0 aliphatic heterocycles. The fourth-order valence-corrected chi connectivity index (χ4v) is 2.70. The fourth-order valence-electron chi connectivity index (χ4n) is 2.27. The predicted octanol–water partition coefficient (Wildman–Crippen LogP) is 2.91. The molecule has 2 rings (SSSR count). The number of hydrogen-bond donors (Lipinski definition) is 1. The van der Waals surface area contributed by atoms with Crippen LogP contribution in [0.2, 0.25) is 5.02 Å². The van der Waals surface area contributed by atoms with Crippen LogP contribution in [-0.2, 0) is 11.2 Å². The van der Waals surface area contributed by atoms with Gasteiger partial charge >= 0.3 is 0 Å². The number of carbonyl (C=O) groups is 1. The van der Waals surface area contributed by atoms with Gasteiger partial charge in [0.15, 0.2) is 0 Å². The van der Waals surface area contributed by atoms with Crippen LogP contribution >= 0.6 is 23.2 Å². The highest BCUT2D eigenvalue weighted by molar-refractivity contribution is 6.35. The summed E-state index contributed by atoms with van der Waals surface area (Å²) in [5.74, 6) is 0.939. The maximum Gasteiger partial charge on any atom is 0.219 e. The van der Waals surface area contributed by atoms with Crippen LogP contribution in [0.1, 0.15) is 25.2 Å². The molecule has 6 heteroatoms. The minimum atomic E-state index is -0.349. The molecule has 0 aliphatic carbocycles. The lowest BCUT2D eigenvalue weighted by Gasteiger charge is -2.16. The average Bonchev–Trinajstić information content (AvgIpc) is 2.68. The summed E-state index contributed by atoms with van der Waals surface area (Å²) in [6.07, 6.45) is 0.863. The molecule has 0 bridgehead atoms. The summed E-state index contributed by atoms with van der Waals surface area (Å²) in [5.41, 5.74) is 6.91. The molecule has 2 aromatic rings. The molecule has 1 amide bonds. The molecule has 1 atom stereocenters. The van der Waals surface area contributed by atoms with E-state index in [1.807, 2.05) is 29.7 Å². The van der Waals surface area contributed by atoms with E-state index in [9.17, 15) is 4.79 Å². The first-order valence-electron chi connectivity index (χ1n) is 6.04. The monoisotopic (exact) mass is 299 g/mol. The molecule has 1 unspecified atom stereocenters. The molecule has 1 heterocycles. The molecule has 4 nitrogen and oxygen atoms in total. The van der Waals surface area contributed by atoms with Gasteiger partial charge in [0.25, 0.3) is 0 Å². The zero-order valence-electron chi connectivity index (χ0n) is 10.6. The van der Waals surface area contributed by atoms with Crippen LogP contribution in [0.3, 0.4) is 0 Å². The van der Waals surface area contributed by atoms with Crippen molar-refractivity contribution in [3.8, 4) is 0 Å².